The largest absolute Gasteiger partial charge is 0.598 e. The highest BCUT2D eigenvalue weighted by atomic mass is 35.5. The third-order valence-electron chi connectivity index (χ3n) is 3.84. The van der Waals surface area contributed by atoms with Gasteiger partial charge in [0.15, 0.2) is 0 Å². The van der Waals surface area contributed by atoms with E-state index >= 15 is 0 Å². The molecule has 0 radical (unpaired) electrons. The predicted molar refractivity (Wildman–Crippen MR) is 107 cm³/mol. The summed E-state index contributed by atoms with van der Waals surface area (Å²) in [4.78, 5) is 4.27. The second-order valence-electron chi connectivity index (χ2n) is 7.07. The summed E-state index contributed by atoms with van der Waals surface area (Å²) in [5, 5.41) is 7.22. The van der Waals surface area contributed by atoms with E-state index < -0.39 is 11.4 Å². The van der Waals surface area contributed by atoms with Crippen LogP contribution in [0.15, 0.2) is 41.2 Å². The Morgan fingerprint density at radius 2 is 2.12 bits per heavy atom. The van der Waals surface area contributed by atoms with Gasteiger partial charge in [-0.25, -0.2) is 0 Å². The number of aryl methyl sites for hydroxylation is 1. The molecule has 1 aliphatic heterocycles. The molecule has 25 heavy (non-hydrogen) atoms. The highest BCUT2D eigenvalue weighted by Gasteiger charge is 2.30. The van der Waals surface area contributed by atoms with Crippen LogP contribution in [-0.4, -0.2) is 26.5 Å². The summed E-state index contributed by atoms with van der Waals surface area (Å²) in [5.41, 5.74) is 2.85. The Hall–Kier alpha value is -1.21. The summed E-state index contributed by atoms with van der Waals surface area (Å²) in [5.74, 6) is 0. The first-order valence-electron chi connectivity index (χ1n) is 8.41. The Kier molecular flexibility index (Phi) is 6.79. The number of anilines is 1. The first-order valence-corrected chi connectivity index (χ1v) is 9.94. The van der Waals surface area contributed by atoms with Crippen molar-refractivity contribution in [2.45, 2.75) is 58.0 Å². The lowest BCUT2D eigenvalue weighted by Crippen LogP contribution is -2.46. The van der Waals surface area contributed by atoms with Crippen LogP contribution in [0.2, 0.25) is 0 Å². The van der Waals surface area contributed by atoms with Crippen molar-refractivity contribution in [1.29, 1.82) is 0 Å². The zero-order valence-corrected chi connectivity index (χ0v) is 17.0. The molecule has 1 aliphatic rings. The van der Waals surface area contributed by atoms with Gasteiger partial charge in [-0.15, -0.1) is 4.72 Å². The summed E-state index contributed by atoms with van der Waals surface area (Å²) in [6.07, 6.45) is 6.24. The van der Waals surface area contributed by atoms with Crippen LogP contribution in [0.25, 0.3) is 0 Å². The van der Waals surface area contributed by atoms with Crippen LogP contribution >= 0.6 is 11.6 Å². The molecule has 2 unspecified atom stereocenters. The molecular formula is C18H27ClN4OS. The van der Waals surface area contributed by atoms with E-state index in [-0.39, 0.29) is 17.0 Å². The third kappa shape index (κ3) is 5.64. The van der Waals surface area contributed by atoms with Crippen LogP contribution < -0.4 is 15.4 Å². The second kappa shape index (κ2) is 8.45. The Labute approximate surface area is 158 Å². The molecule has 138 valence electrons. The fourth-order valence-electron chi connectivity index (χ4n) is 2.27. The summed E-state index contributed by atoms with van der Waals surface area (Å²) in [6, 6.07) is 3.89. The summed E-state index contributed by atoms with van der Waals surface area (Å²) in [6.45, 7) is 9.87. The number of hydrogen-bond donors (Lipinski definition) is 3. The topological polar surface area (TPSA) is 72.0 Å². The van der Waals surface area contributed by atoms with E-state index in [9.17, 15) is 4.55 Å². The number of halogens is 1. The Morgan fingerprint density at radius 1 is 1.40 bits per heavy atom. The van der Waals surface area contributed by atoms with Crippen molar-refractivity contribution in [1.82, 2.24) is 15.0 Å². The number of pyridine rings is 1. The minimum absolute atomic E-state index is 0.0247. The van der Waals surface area contributed by atoms with Gasteiger partial charge in [-0.1, -0.05) is 18.5 Å². The lowest BCUT2D eigenvalue weighted by atomic mass is 10.0. The molecule has 5 nitrogen and oxygen atoms in total. The zero-order chi connectivity index (χ0) is 18.6. The molecule has 2 heterocycles. The van der Waals surface area contributed by atoms with E-state index in [2.05, 4.69) is 27.3 Å². The first kappa shape index (κ1) is 20.1. The predicted octanol–water partition coefficient (Wildman–Crippen LogP) is 3.57. The van der Waals surface area contributed by atoms with E-state index in [0.717, 1.165) is 23.4 Å². The van der Waals surface area contributed by atoms with Gasteiger partial charge in [0, 0.05) is 23.3 Å². The molecule has 1 aromatic heterocycles. The lowest BCUT2D eigenvalue weighted by molar-refractivity contribution is 0.528. The van der Waals surface area contributed by atoms with Crippen LogP contribution in [-0.2, 0) is 11.4 Å². The molecule has 0 spiro atoms. The van der Waals surface area contributed by atoms with Crippen LogP contribution in [0.4, 0.5) is 5.69 Å². The lowest BCUT2D eigenvalue weighted by Gasteiger charge is -2.30. The maximum absolute atomic E-state index is 12.4. The number of dihydropyridines is 1. The number of rotatable bonds is 6. The van der Waals surface area contributed by atoms with Crippen molar-refractivity contribution in [3.05, 3.63) is 46.9 Å². The van der Waals surface area contributed by atoms with Gasteiger partial charge in [-0.05, 0) is 57.9 Å². The number of hydrogen-bond acceptors (Lipinski definition) is 5. The molecule has 0 fully saturated rings. The van der Waals surface area contributed by atoms with Crippen LogP contribution in [0, 0.1) is 6.92 Å². The molecule has 7 heteroatoms. The Bertz CT molecular complexity index is 639. The van der Waals surface area contributed by atoms with Gasteiger partial charge in [0.25, 0.3) is 0 Å². The van der Waals surface area contributed by atoms with Crippen molar-refractivity contribution in [2.24, 2.45) is 0 Å². The Morgan fingerprint density at radius 3 is 2.64 bits per heavy atom. The van der Waals surface area contributed by atoms with Gasteiger partial charge in [-0.2, -0.15) is 0 Å². The monoisotopic (exact) mass is 382 g/mol. The molecule has 3 atom stereocenters. The average molecular weight is 383 g/mol. The minimum Gasteiger partial charge on any atom is -0.598 e. The van der Waals surface area contributed by atoms with Crippen molar-refractivity contribution in [3.63, 3.8) is 0 Å². The average Bonchev–Trinajstić information content (AvgIpc) is 2.55. The molecule has 0 bridgehead atoms. The number of nitrogens with one attached hydrogen (secondary N) is 3. The van der Waals surface area contributed by atoms with E-state index in [4.69, 9.17) is 11.6 Å². The molecule has 0 saturated heterocycles. The standard InChI is InChI=1S/C18H27ClN4OS/c1-6-16(23-25(24)18(3,4)5)13-9-15(19)17(21-10-13)22-14-8-7-12(2)20-11-14/h7-11,16-17,21-23H,6H2,1-5H3/t16-,17?,25?/m1/s1. The molecule has 0 aromatic carbocycles. The minimum atomic E-state index is -1.14. The normalized spacial score (nSPS) is 20.2. The number of aromatic nitrogens is 1. The van der Waals surface area contributed by atoms with Crippen LogP contribution in [0.1, 0.15) is 39.8 Å². The fourth-order valence-corrected chi connectivity index (χ4v) is 3.43. The van der Waals surface area contributed by atoms with Crippen molar-refractivity contribution >= 4 is 28.7 Å². The van der Waals surface area contributed by atoms with Gasteiger partial charge in [0.1, 0.15) is 10.9 Å². The van der Waals surface area contributed by atoms with E-state index in [0.29, 0.717) is 5.03 Å². The van der Waals surface area contributed by atoms with E-state index in [1.807, 2.05) is 52.1 Å². The number of nitrogens with zero attached hydrogens (tertiary/aromatic N) is 1. The molecule has 0 amide bonds. The van der Waals surface area contributed by atoms with Crippen molar-refractivity contribution in [3.8, 4) is 0 Å². The van der Waals surface area contributed by atoms with E-state index in [1.54, 1.807) is 6.20 Å². The van der Waals surface area contributed by atoms with Gasteiger partial charge < -0.3 is 15.2 Å². The fraction of sp³-hybridized carbons (Fsp3) is 0.500. The van der Waals surface area contributed by atoms with Crippen molar-refractivity contribution in [2.75, 3.05) is 5.32 Å². The van der Waals surface area contributed by atoms with E-state index in [1.165, 1.54) is 0 Å². The smallest absolute Gasteiger partial charge is 0.136 e. The maximum atomic E-state index is 12.4. The highest BCUT2D eigenvalue weighted by Crippen LogP contribution is 2.23. The van der Waals surface area contributed by atoms with Gasteiger partial charge in [0.2, 0.25) is 0 Å². The van der Waals surface area contributed by atoms with Gasteiger partial charge in [-0.3, -0.25) is 4.98 Å². The molecule has 0 aliphatic carbocycles. The summed E-state index contributed by atoms with van der Waals surface area (Å²) < 4.78 is 15.3. The SMILES string of the molecule is CC[C@@H](N[S+]([O-])C(C)(C)C)C1=CNC(Nc2ccc(C)nc2)C(Cl)=C1. The zero-order valence-electron chi connectivity index (χ0n) is 15.4. The molecule has 3 N–H and O–H groups in total. The van der Waals surface area contributed by atoms with Crippen molar-refractivity contribution < 1.29 is 4.55 Å². The van der Waals surface area contributed by atoms with Crippen LogP contribution in [0.3, 0.4) is 0 Å². The van der Waals surface area contributed by atoms with Crippen LogP contribution in [0.5, 0.6) is 0 Å². The molecule has 2 rings (SSSR count). The highest BCUT2D eigenvalue weighted by molar-refractivity contribution is 7.90. The second-order valence-corrected chi connectivity index (χ2v) is 9.50. The quantitative estimate of drug-likeness (QED) is 0.656. The van der Waals surface area contributed by atoms with Gasteiger partial charge >= 0.3 is 0 Å². The summed E-state index contributed by atoms with van der Waals surface area (Å²) >= 11 is 5.32. The molecule has 1 aromatic rings. The first-order chi connectivity index (χ1) is 11.7. The Balaban J connectivity index is 2.03. The molecular weight excluding hydrogens is 356 g/mol. The third-order valence-corrected chi connectivity index (χ3v) is 5.77. The summed E-state index contributed by atoms with van der Waals surface area (Å²) in [7, 11) is 0. The van der Waals surface area contributed by atoms with Gasteiger partial charge in [0.05, 0.1) is 23.0 Å². The maximum Gasteiger partial charge on any atom is 0.136 e. The molecule has 0 saturated carbocycles.